The van der Waals surface area contributed by atoms with E-state index in [1.54, 1.807) is 6.20 Å². The van der Waals surface area contributed by atoms with Crippen LogP contribution in [-0.4, -0.2) is 32.3 Å². The van der Waals surface area contributed by atoms with E-state index in [1.807, 2.05) is 30.3 Å². The van der Waals surface area contributed by atoms with Crippen molar-refractivity contribution in [3.63, 3.8) is 0 Å². The molecule has 3 N–H and O–H groups in total. The quantitative estimate of drug-likeness (QED) is 0.622. The summed E-state index contributed by atoms with van der Waals surface area (Å²) in [7, 11) is 0. The van der Waals surface area contributed by atoms with Crippen molar-refractivity contribution in [1.29, 1.82) is 0 Å². The Morgan fingerprint density at radius 2 is 2.00 bits per heavy atom. The van der Waals surface area contributed by atoms with Crippen LogP contribution in [0.4, 0.5) is 0 Å². The van der Waals surface area contributed by atoms with Crippen molar-refractivity contribution in [2.45, 2.75) is 18.6 Å². The molecule has 0 radical (unpaired) electrons. The third-order valence-corrected chi connectivity index (χ3v) is 3.12. The van der Waals surface area contributed by atoms with Gasteiger partial charge in [-0.25, -0.2) is 0 Å². The van der Waals surface area contributed by atoms with Crippen molar-refractivity contribution in [2.24, 2.45) is 0 Å². The maximum Gasteiger partial charge on any atom is 0.106 e. The van der Waals surface area contributed by atoms with Crippen LogP contribution in [0, 0.1) is 0 Å². The molecule has 96 valence electrons. The molecule has 0 saturated heterocycles. The summed E-state index contributed by atoms with van der Waals surface area (Å²) in [6.45, 7) is 0. The molecular formula is C13H16N2O2S. The number of thiol groups is 1. The van der Waals surface area contributed by atoms with Gasteiger partial charge in [-0.15, -0.1) is 0 Å². The summed E-state index contributed by atoms with van der Waals surface area (Å²) < 4.78 is 0. The summed E-state index contributed by atoms with van der Waals surface area (Å²) in [6.07, 6.45) is 0.368. The molecular weight excluding hydrogens is 248 g/mol. The number of benzene rings is 1. The highest BCUT2D eigenvalue weighted by Crippen LogP contribution is 2.29. The van der Waals surface area contributed by atoms with E-state index in [-0.39, 0.29) is 0 Å². The van der Waals surface area contributed by atoms with Crippen molar-refractivity contribution in [1.82, 2.24) is 10.2 Å². The van der Waals surface area contributed by atoms with Crippen LogP contribution in [0.3, 0.4) is 0 Å². The van der Waals surface area contributed by atoms with Crippen LogP contribution in [-0.2, 0) is 0 Å². The number of aliphatic hydroxyl groups excluding tert-OH is 2. The smallest absolute Gasteiger partial charge is 0.106 e. The van der Waals surface area contributed by atoms with Gasteiger partial charge in [0.1, 0.15) is 6.10 Å². The molecule has 2 rings (SSSR count). The second-order valence-electron chi connectivity index (χ2n) is 4.08. The molecule has 4 nitrogen and oxygen atoms in total. The fourth-order valence-electron chi connectivity index (χ4n) is 1.90. The minimum absolute atomic E-state index is 0.446. The molecule has 0 amide bonds. The van der Waals surface area contributed by atoms with Gasteiger partial charge in [0.15, 0.2) is 0 Å². The highest BCUT2D eigenvalue weighted by Gasteiger charge is 2.21. The number of aromatic amines is 1. The first-order chi connectivity index (χ1) is 8.74. The van der Waals surface area contributed by atoms with Crippen molar-refractivity contribution in [3.8, 4) is 11.3 Å². The Morgan fingerprint density at radius 3 is 2.67 bits per heavy atom. The Morgan fingerprint density at radius 1 is 1.22 bits per heavy atom. The van der Waals surface area contributed by atoms with E-state index in [2.05, 4.69) is 22.8 Å². The van der Waals surface area contributed by atoms with Gasteiger partial charge < -0.3 is 10.2 Å². The Bertz CT molecular complexity index is 487. The van der Waals surface area contributed by atoms with Gasteiger partial charge in [-0.1, -0.05) is 24.3 Å². The normalized spacial score (nSPS) is 14.4. The summed E-state index contributed by atoms with van der Waals surface area (Å²) in [5, 5.41) is 26.8. The Labute approximate surface area is 111 Å². The minimum atomic E-state index is -0.920. The zero-order valence-electron chi connectivity index (χ0n) is 9.82. The van der Waals surface area contributed by atoms with Gasteiger partial charge in [-0.3, -0.25) is 5.10 Å². The highest BCUT2D eigenvalue weighted by molar-refractivity contribution is 7.80. The minimum Gasteiger partial charge on any atom is -0.390 e. The van der Waals surface area contributed by atoms with Crippen LogP contribution in [0.1, 0.15) is 18.1 Å². The van der Waals surface area contributed by atoms with Crippen LogP contribution in [0.2, 0.25) is 0 Å². The molecule has 1 aromatic heterocycles. The van der Waals surface area contributed by atoms with E-state index in [0.717, 1.165) is 11.3 Å². The van der Waals surface area contributed by atoms with Crippen molar-refractivity contribution in [3.05, 3.63) is 42.1 Å². The van der Waals surface area contributed by atoms with Gasteiger partial charge in [0.05, 0.1) is 11.8 Å². The lowest BCUT2D eigenvalue weighted by Gasteiger charge is -2.19. The molecule has 1 aromatic carbocycles. The molecule has 0 spiro atoms. The molecule has 0 saturated carbocycles. The third-order valence-electron chi connectivity index (χ3n) is 2.86. The predicted molar refractivity (Wildman–Crippen MR) is 73.5 cm³/mol. The molecule has 1 heterocycles. The summed E-state index contributed by atoms with van der Waals surface area (Å²) in [6, 6.07) is 9.25. The average molecular weight is 264 g/mol. The molecule has 2 unspecified atom stereocenters. The van der Waals surface area contributed by atoms with Gasteiger partial charge in [0, 0.05) is 11.8 Å². The second-order valence-corrected chi connectivity index (χ2v) is 4.53. The van der Waals surface area contributed by atoms with Crippen molar-refractivity contribution in [2.75, 3.05) is 5.75 Å². The zero-order chi connectivity index (χ0) is 13.0. The number of hydrogen-bond acceptors (Lipinski definition) is 4. The van der Waals surface area contributed by atoms with E-state index in [1.165, 1.54) is 0 Å². The monoisotopic (exact) mass is 264 g/mol. The molecule has 0 bridgehead atoms. The molecule has 2 atom stereocenters. The molecule has 0 aliphatic heterocycles. The van der Waals surface area contributed by atoms with Gasteiger partial charge >= 0.3 is 0 Å². The fourth-order valence-corrected chi connectivity index (χ4v) is 2.17. The number of H-pyrrole nitrogens is 1. The summed E-state index contributed by atoms with van der Waals surface area (Å²) in [4.78, 5) is 0. The number of nitrogens with zero attached hydrogens (tertiary/aromatic N) is 1. The molecule has 2 aromatic rings. The predicted octanol–water partition coefficient (Wildman–Crippen LogP) is 1.79. The first kappa shape index (κ1) is 13.1. The first-order valence-corrected chi connectivity index (χ1v) is 6.43. The third kappa shape index (κ3) is 2.75. The molecule has 0 aliphatic rings. The van der Waals surface area contributed by atoms with Crippen LogP contribution in [0.15, 0.2) is 36.5 Å². The maximum absolute atomic E-state index is 10.2. The topological polar surface area (TPSA) is 69.1 Å². The zero-order valence-corrected chi connectivity index (χ0v) is 10.7. The van der Waals surface area contributed by atoms with E-state index in [9.17, 15) is 10.2 Å². The van der Waals surface area contributed by atoms with Crippen LogP contribution in [0.25, 0.3) is 11.3 Å². The van der Waals surface area contributed by atoms with E-state index in [4.69, 9.17) is 0 Å². The summed E-state index contributed by atoms with van der Waals surface area (Å²) in [5.41, 5.74) is 2.36. The SMILES string of the molecule is OC(CCS)C(O)c1ccccc1-c1ccn[nH]1. The molecule has 0 fully saturated rings. The van der Waals surface area contributed by atoms with Crippen LogP contribution >= 0.6 is 12.6 Å². The second kappa shape index (κ2) is 6.04. The lowest BCUT2D eigenvalue weighted by Crippen LogP contribution is -2.19. The molecule has 18 heavy (non-hydrogen) atoms. The number of aromatic nitrogens is 2. The number of nitrogens with one attached hydrogen (secondary N) is 1. The lowest BCUT2D eigenvalue weighted by molar-refractivity contribution is 0.0175. The van der Waals surface area contributed by atoms with E-state index in [0.29, 0.717) is 17.7 Å². The summed E-state index contributed by atoms with van der Waals surface area (Å²) in [5.74, 6) is 0.532. The lowest BCUT2D eigenvalue weighted by atomic mass is 9.96. The maximum atomic E-state index is 10.2. The van der Waals surface area contributed by atoms with Gasteiger partial charge in [-0.05, 0) is 23.8 Å². The Balaban J connectivity index is 2.33. The average Bonchev–Trinajstić information content (AvgIpc) is 2.92. The molecule has 0 aliphatic carbocycles. The fraction of sp³-hybridized carbons (Fsp3) is 0.308. The Kier molecular flexibility index (Phi) is 4.41. The van der Waals surface area contributed by atoms with Crippen LogP contribution < -0.4 is 0 Å². The van der Waals surface area contributed by atoms with E-state index < -0.39 is 12.2 Å². The van der Waals surface area contributed by atoms with Gasteiger partial charge in [0.25, 0.3) is 0 Å². The highest BCUT2D eigenvalue weighted by atomic mass is 32.1. The van der Waals surface area contributed by atoms with Crippen LogP contribution in [0.5, 0.6) is 0 Å². The standard InChI is InChI=1S/C13H16N2O2S/c16-12(6-8-18)13(17)10-4-2-1-3-9(10)11-5-7-14-15-11/h1-5,7,12-13,16-18H,6,8H2,(H,14,15). The first-order valence-electron chi connectivity index (χ1n) is 5.79. The summed E-state index contributed by atoms with van der Waals surface area (Å²) >= 11 is 4.07. The Hall–Kier alpha value is -1.30. The van der Waals surface area contributed by atoms with Crippen molar-refractivity contribution < 1.29 is 10.2 Å². The number of rotatable bonds is 5. The molecule has 5 heteroatoms. The van der Waals surface area contributed by atoms with E-state index >= 15 is 0 Å². The van der Waals surface area contributed by atoms with Gasteiger partial charge in [-0.2, -0.15) is 17.7 Å². The largest absolute Gasteiger partial charge is 0.390 e. The van der Waals surface area contributed by atoms with Crippen molar-refractivity contribution >= 4 is 12.6 Å². The number of aliphatic hydroxyl groups is 2. The number of hydrogen-bond donors (Lipinski definition) is 4. The van der Waals surface area contributed by atoms with Gasteiger partial charge in [0.2, 0.25) is 0 Å².